The first-order valence-corrected chi connectivity index (χ1v) is 7.83. The van der Waals surface area contributed by atoms with Gasteiger partial charge in [0.05, 0.1) is 16.8 Å². The first kappa shape index (κ1) is 13.7. The third-order valence-electron chi connectivity index (χ3n) is 3.55. The molecule has 6 heteroatoms. The standard InChI is InChI=1S/C17H11N3O2S/c21-17(22)14-9-13(15-7-4-8-23-15)19-16-12(10-18-20(14)16)11-5-2-1-3-6-11/h1-10H,(H,21,22). The number of benzene rings is 1. The highest BCUT2D eigenvalue weighted by atomic mass is 32.1. The minimum absolute atomic E-state index is 0.0978. The molecule has 0 bridgehead atoms. The molecule has 0 amide bonds. The number of hydrogen-bond acceptors (Lipinski definition) is 4. The predicted octanol–water partition coefficient (Wildman–Crippen LogP) is 3.82. The summed E-state index contributed by atoms with van der Waals surface area (Å²) in [6.07, 6.45) is 1.66. The lowest BCUT2D eigenvalue weighted by Crippen LogP contribution is -2.08. The minimum atomic E-state index is -1.03. The maximum atomic E-state index is 11.6. The summed E-state index contributed by atoms with van der Waals surface area (Å²) >= 11 is 1.52. The van der Waals surface area contributed by atoms with Crippen LogP contribution < -0.4 is 0 Å². The average Bonchev–Trinajstić information content (AvgIpc) is 3.24. The van der Waals surface area contributed by atoms with E-state index in [1.54, 1.807) is 12.3 Å². The van der Waals surface area contributed by atoms with Crippen LogP contribution in [0.15, 0.2) is 60.1 Å². The Morgan fingerprint density at radius 1 is 1.13 bits per heavy atom. The van der Waals surface area contributed by atoms with Crippen molar-refractivity contribution in [3.05, 3.63) is 65.8 Å². The highest BCUT2D eigenvalue weighted by molar-refractivity contribution is 7.13. The van der Waals surface area contributed by atoms with E-state index in [2.05, 4.69) is 10.1 Å². The maximum Gasteiger partial charge on any atom is 0.354 e. The zero-order valence-corrected chi connectivity index (χ0v) is 12.7. The zero-order valence-electron chi connectivity index (χ0n) is 11.9. The molecule has 0 aliphatic rings. The van der Waals surface area contributed by atoms with Gasteiger partial charge in [-0.1, -0.05) is 36.4 Å². The Hall–Kier alpha value is -2.99. The monoisotopic (exact) mass is 321 g/mol. The predicted molar refractivity (Wildman–Crippen MR) is 88.7 cm³/mol. The molecule has 3 heterocycles. The lowest BCUT2D eigenvalue weighted by Gasteiger charge is -2.05. The van der Waals surface area contributed by atoms with Crippen molar-refractivity contribution >= 4 is 23.0 Å². The number of fused-ring (bicyclic) bond motifs is 1. The Morgan fingerprint density at radius 2 is 1.96 bits per heavy atom. The van der Waals surface area contributed by atoms with Gasteiger partial charge in [0.2, 0.25) is 0 Å². The van der Waals surface area contributed by atoms with Crippen LogP contribution >= 0.6 is 11.3 Å². The van der Waals surface area contributed by atoms with Crippen LogP contribution in [0.3, 0.4) is 0 Å². The highest BCUT2D eigenvalue weighted by Gasteiger charge is 2.17. The topological polar surface area (TPSA) is 67.5 Å². The van der Waals surface area contributed by atoms with E-state index in [0.717, 1.165) is 16.0 Å². The quantitative estimate of drug-likeness (QED) is 0.623. The van der Waals surface area contributed by atoms with Gasteiger partial charge < -0.3 is 5.11 Å². The van der Waals surface area contributed by atoms with Crippen LogP contribution in [0, 0.1) is 0 Å². The molecule has 0 radical (unpaired) electrons. The van der Waals surface area contributed by atoms with E-state index >= 15 is 0 Å². The lowest BCUT2D eigenvalue weighted by atomic mass is 10.1. The molecule has 0 aliphatic carbocycles. The first-order valence-electron chi connectivity index (χ1n) is 6.95. The maximum absolute atomic E-state index is 11.6. The molecule has 1 aromatic carbocycles. The molecule has 4 rings (SSSR count). The number of thiophene rings is 1. The molecule has 3 aromatic heterocycles. The second-order valence-electron chi connectivity index (χ2n) is 4.97. The van der Waals surface area contributed by atoms with Crippen LogP contribution in [0.25, 0.3) is 27.3 Å². The van der Waals surface area contributed by atoms with E-state index in [-0.39, 0.29) is 5.69 Å². The van der Waals surface area contributed by atoms with E-state index in [0.29, 0.717) is 11.3 Å². The normalized spacial score (nSPS) is 11.0. The van der Waals surface area contributed by atoms with Crippen LogP contribution in [0.2, 0.25) is 0 Å². The summed E-state index contributed by atoms with van der Waals surface area (Å²) in [5.41, 5.74) is 3.05. The number of carboxylic acid groups (broad SMARTS) is 1. The van der Waals surface area contributed by atoms with Gasteiger partial charge >= 0.3 is 5.97 Å². The van der Waals surface area contributed by atoms with Crippen LogP contribution in [0.1, 0.15) is 10.5 Å². The Balaban J connectivity index is 2.03. The molecule has 112 valence electrons. The van der Waals surface area contributed by atoms with E-state index in [4.69, 9.17) is 0 Å². The number of carboxylic acids is 1. The van der Waals surface area contributed by atoms with Crippen LogP contribution in [0.4, 0.5) is 0 Å². The highest BCUT2D eigenvalue weighted by Crippen LogP contribution is 2.29. The van der Waals surface area contributed by atoms with Crippen molar-refractivity contribution in [3.63, 3.8) is 0 Å². The molecule has 0 unspecified atom stereocenters. The van der Waals surface area contributed by atoms with Gasteiger partial charge in [0.15, 0.2) is 11.3 Å². The van der Waals surface area contributed by atoms with Crippen molar-refractivity contribution in [3.8, 4) is 21.7 Å². The summed E-state index contributed by atoms with van der Waals surface area (Å²) < 4.78 is 1.38. The smallest absolute Gasteiger partial charge is 0.354 e. The summed E-state index contributed by atoms with van der Waals surface area (Å²) in [5.74, 6) is -1.03. The number of aromatic carboxylic acids is 1. The SMILES string of the molecule is O=C(O)c1cc(-c2cccs2)nc2c(-c3ccccc3)cnn12. The first-order chi connectivity index (χ1) is 11.2. The van der Waals surface area contributed by atoms with Crippen molar-refractivity contribution in [2.75, 3.05) is 0 Å². The number of rotatable bonds is 3. The molecule has 5 nitrogen and oxygen atoms in total. The largest absolute Gasteiger partial charge is 0.477 e. The van der Waals surface area contributed by atoms with Crippen LogP contribution in [-0.4, -0.2) is 25.7 Å². The van der Waals surface area contributed by atoms with Gasteiger partial charge in [0.1, 0.15) is 0 Å². The van der Waals surface area contributed by atoms with Gasteiger partial charge in [0.25, 0.3) is 0 Å². The summed E-state index contributed by atoms with van der Waals surface area (Å²) in [4.78, 5) is 17.2. The van der Waals surface area contributed by atoms with Crippen molar-refractivity contribution < 1.29 is 9.90 Å². The second-order valence-corrected chi connectivity index (χ2v) is 5.92. The Bertz CT molecular complexity index is 992. The van der Waals surface area contributed by atoms with E-state index in [1.807, 2.05) is 47.8 Å². The molecule has 1 N–H and O–H groups in total. The summed E-state index contributed by atoms with van der Waals surface area (Å²) in [5, 5.41) is 15.7. The molecule has 4 aromatic rings. The third kappa shape index (κ3) is 2.29. The van der Waals surface area contributed by atoms with Gasteiger partial charge in [-0.3, -0.25) is 0 Å². The number of nitrogens with zero attached hydrogens (tertiary/aromatic N) is 3. The molecule has 0 atom stereocenters. The summed E-state index contributed by atoms with van der Waals surface area (Å²) in [6, 6.07) is 15.1. The number of carbonyl (C=O) groups is 1. The average molecular weight is 321 g/mol. The van der Waals surface area contributed by atoms with E-state index in [9.17, 15) is 9.90 Å². The third-order valence-corrected chi connectivity index (χ3v) is 4.44. The lowest BCUT2D eigenvalue weighted by molar-refractivity contribution is 0.0687. The second kappa shape index (κ2) is 5.33. The van der Waals surface area contributed by atoms with Gasteiger partial charge in [-0.25, -0.2) is 14.3 Å². The molecule has 0 saturated heterocycles. The molecule has 0 spiro atoms. The summed E-state index contributed by atoms with van der Waals surface area (Å²) in [6.45, 7) is 0. The molecule has 0 saturated carbocycles. The fourth-order valence-corrected chi connectivity index (χ4v) is 3.17. The van der Waals surface area contributed by atoms with Gasteiger partial charge in [-0.05, 0) is 23.1 Å². The number of hydrogen-bond donors (Lipinski definition) is 1. The zero-order chi connectivity index (χ0) is 15.8. The van der Waals surface area contributed by atoms with Crippen molar-refractivity contribution in [1.82, 2.24) is 14.6 Å². The van der Waals surface area contributed by atoms with Crippen molar-refractivity contribution in [2.45, 2.75) is 0 Å². The van der Waals surface area contributed by atoms with Crippen LogP contribution in [0.5, 0.6) is 0 Å². The molecule has 23 heavy (non-hydrogen) atoms. The van der Waals surface area contributed by atoms with Crippen molar-refractivity contribution in [1.29, 1.82) is 0 Å². The molecule has 0 aliphatic heterocycles. The summed E-state index contributed by atoms with van der Waals surface area (Å²) in [7, 11) is 0. The fourth-order valence-electron chi connectivity index (χ4n) is 2.49. The Labute approximate surface area is 135 Å². The van der Waals surface area contributed by atoms with Crippen molar-refractivity contribution in [2.24, 2.45) is 0 Å². The van der Waals surface area contributed by atoms with Gasteiger partial charge in [-0.15, -0.1) is 11.3 Å². The number of aromatic nitrogens is 3. The molecule has 0 fully saturated rings. The Kier molecular flexibility index (Phi) is 3.17. The fraction of sp³-hybridized carbons (Fsp3) is 0. The van der Waals surface area contributed by atoms with E-state index in [1.165, 1.54) is 15.9 Å². The molecular weight excluding hydrogens is 310 g/mol. The van der Waals surface area contributed by atoms with E-state index < -0.39 is 5.97 Å². The Morgan fingerprint density at radius 3 is 2.65 bits per heavy atom. The van der Waals surface area contributed by atoms with Crippen LogP contribution in [-0.2, 0) is 0 Å². The molecular formula is C17H11N3O2S. The van der Waals surface area contributed by atoms with Gasteiger partial charge in [0, 0.05) is 5.56 Å². The van der Waals surface area contributed by atoms with Gasteiger partial charge in [-0.2, -0.15) is 5.10 Å². The minimum Gasteiger partial charge on any atom is -0.477 e.